The van der Waals surface area contributed by atoms with E-state index >= 15 is 0 Å². The van der Waals surface area contributed by atoms with Gasteiger partial charge in [-0.2, -0.15) is 0 Å². The second kappa shape index (κ2) is 9.94. The Kier molecular flexibility index (Phi) is 7.34. The molecule has 1 heterocycles. The average molecular weight is 432 g/mol. The summed E-state index contributed by atoms with van der Waals surface area (Å²) in [7, 11) is 0. The molecule has 2 N–H and O–H groups in total. The number of ether oxygens (including phenoxy) is 1. The molecule has 1 aliphatic heterocycles. The first-order chi connectivity index (χ1) is 14.0. The Hall–Kier alpha value is -2.31. The van der Waals surface area contributed by atoms with Crippen molar-refractivity contribution in [3.8, 4) is 0 Å². The van der Waals surface area contributed by atoms with E-state index in [0.29, 0.717) is 28.3 Å². The molecule has 2 aromatic carbocycles. The minimum Gasteiger partial charge on any atom is -0.462 e. The lowest BCUT2D eigenvalue weighted by molar-refractivity contribution is 0.0526. The van der Waals surface area contributed by atoms with Crippen LogP contribution in [0.1, 0.15) is 36.2 Å². The summed E-state index contributed by atoms with van der Waals surface area (Å²) in [6.07, 6.45) is 2.08. The van der Waals surface area contributed by atoms with E-state index in [9.17, 15) is 4.79 Å². The van der Waals surface area contributed by atoms with E-state index in [4.69, 9.17) is 28.6 Å². The first-order valence-corrected chi connectivity index (χ1v) is 10.6. The fraction of sp³-hybridized carbons (Fsp3) is 0.364. The van der Waals surface area contributed by atoms with E-state index in [-0.39, 0.29) is 0 Å². The van der Waals surface area contributed by atoms with Crippen molar-refractivity contribution < 1.29 is 9.53 Å². The van der Waals surface area contributed by atoms with Gasteiger partial charge in [0, 0.05) is 30.5 Å². The van der Waals surface area contributed by atoms with Crippen molar-refractivity contribution in [1.82, 2.24) is 5.32 Å². The number of rotatable bonds is 7. The maximum absolute atomic E-state index is 11.8. The number of fused-ring (bicyclic) bond motifs is 1. The van der Waals surface area contributed by atoms with Crippen molar-refractivity contribution >= 4 is 46.3 Å². The molecule has 0 bridgehead atoms. The molecular formula is C22H26ClN3O2S. The van der Waals surface area contributed by atoms with Crippen LogP contribution in [0.4, 0.5) is 11.4 Å². The highest BCUT2D eigenvalue weighted by Gasteiger charge is 2.24. The van der Waals surface area contributed by atoms with Crippen LogP contribution in [-0.2, 0) is 11.2 Å². The number of carbonyl (C=O) groups is 1. The summed E-state index contributed by atoms with van der Waals surface area (Å²) in [6, 6.07) is 14.2. The normalized spacial score (nSPS) is 15.0. The number of hydrogen-bond acceptors (Lipinski definition) is 4. The van der Waals surface area contributed by atoms with Gasteiger partial charge in [-0.3, -0.25) is 0 Å². The number of carbonyl (C=O) groups excluding carboxylic acids is 1. The lowest BCUT2D eigenvalue weighted by Crippen LogP contribution is -2.34. The molecule has 29 heavy (non-hydrogen) atoms. The molecule has 0 aromatic heterocycles. The number of esters is 1. The summed E-state index contributed by atoms with van der Waals surface area (Å²) in [4.78, 5) is 14.3. The summed E-state index contributed by atoms with van der Waals surface area (Å²) in [5.74, 6) is -0.428. The van der Waals surface area contributed by atoms with Crippen LogP contribution in [0.5, 0.6) is 0 Å². The van der Waals surface area contributed by atoms with E-state index in [1.165, 1.54) is 11.3 Å². The van der Waals surface area contributed by atoms with E-state index in [1.54, 1.807) is 25.1 Å². The minimum atomic E-state index is -0.428. The third-order valence-electron chi connectivity index (χ3n) is 4.93. The van der Waals surface area contributed by atoms with Crippen molar-refractivity contribution in [3.05, 3.63) is 58.6 Å². The van der Waals surface area contributed by atoms with E-state index < -0.39 is 5.97 Å². The number of thiocarbonyl (C=S) groups is 1. The second-order valence-electron chi connectivity index (χ2n) is 7.02. The monoisotopic (exact) mass is 431 g/mol. The van der Waals surface area contributed by atoms with E-state index in [2.05, 4.69) is 46.7 Å². The molecule has 0 unspecified atom stereocenters. The molecule has 0 saturated heterocycles. The highest BCUT2D eigenvalue weighted by molar-refractivity contribution is 7.80. The lowest BCUT2D eigenvalue weighted by Gasteiger charge is -2.25. The number of nitrogens with one attached hydrogen (secondary N) is 2. The van der Waals surface area contributed by atoms with Gasteiger partial charge in [0.1, 0.15) is 0 Å². The van der Waals surface area contributed by atoms with Crippen molar-refractivity contribution in [2.24, 2.45) is 0 Å². The smallest absolute Gasteiger partial charge is 0.339 e. The first-order valence-electron chi connectivity index (χ1n) is 9.85. The molecule has 0 spiro atoms. The van der Waals surface area contributed by atoms with Crippen molar-refractivity contribution in [1.29, 1.82) is 0 Å². The molecule has 154 valence electrons. The average Bonchev–Trinajstić information content (AvgIpc) is 3.00. The number of nitrogens with zero attached hydrogens (tertiary/aromatic N) is 1. The zero-order chi connectivity index (χ0) is 20.8. The molecule has 2 aromatic rings. The maximum Gasteiger partial charge on any atom is 0.339 e. The van der Waals surface area contributed by atoms with E-state index in [0.717, 1.165) is 31.6 Å². The van der Waals surface area contributed by atoms with Crippen LogP contribution in [0, 0.1) is 0 Å². The van der Waals surface area contributed by atoms with Gasteiger partial charge in [-0.05, 0) is 68.7 Å². The second-order valence-corrected chi connectivity index (χ2v) is 7.84. The number of halogens is 1. The third-order valence-corrected chi connectivity index (χ3v) is 5.49. The number of anilines is 2. The van der Waals surface area contributed by atoms with Gasteiger partial charge in [0.05, 0.1) is 17.2 Å². The van der Waals surface area contributed by atoms with Crippen LogP contribution < -0.4 is 15.5 Å². The van der Waals surface area contributed by atoms with Gasteiger partial charge in [-0.25, -0.2) is 4.79 Å². The molecule has 0 aliphatic carbocycles. The molecule has 1 atom stereocenters. The summed E-state index contributed by atoms with van der Waals surface area (Å²) in [5, 5.41) is 7.19. The molecule has 0 amide bonds. The molecule has 5 nitrogen and oxygen atoms in total. The van der Waals surface area contributed by atoms with Crippen molar-refractivity contribution in [3.63, 3.8) is 0 Å². The van der Waals surface area contributed by atoms with Gasteiger partial charge in [-0.1, -0.05) is 29.8 Å². The Bertz CT molecular complexity index is 890. The Morgan fingerprint density at radius 1 is 1.31 bits per heavy atom. The quantitative estimate of drug-likeness (QED) is 0.378. The minimum absolute atomic E-state index is 0.310. The molecule has 3 rings (SSSR count). The van der Waals surface area contributed by atoms with Crippen molar-refractivity contribution in [2.75, 3.05) is 29.9 Å². The molecular weight excluding hydrogens is 406 g/mol. The van der Waals surface area contributed by atoms with Gasteiger partial charge in [-0.15, -0.1) is 0 Å². The number of hydrogen-bond donors (Lipinski definition) is 2. The Morgan fingerprint density at radius 2 is 2.10 bits per heavy atom. The van der Waals surface area contributed by atoms with Crippen LogP contribution in [0.3, 0.4) is 0 Å². The lowest BCUT2D eigenvalue weighted by atomic mass is 10.1. The van der Waals surface area contributed by atoms with Crippen LogP contribution in [-0.4, -0.2) is 36.8 Å². The standard InChI is InChI=1S/C22H26ClN3O2S/c1-3-28-21(27)18-10-9-17(14-19(18)23)25-22(29)24-11-6-12-26-15(2)13-16-7-4-5-8-20(16)26/h4-5,7-10,14-15H,3,6,11-13H2,1-2H3,(H2,24,25,29)/t15-/m0/s1. The zero-order valence-electron chi connectivity index (χ0n) is 16.7. The van der Waals surface area contributed by atoms with E-state index in [1.807, 2.05) is 0 Å². The predicted molar refractivity (Wildman–Crippen MR) is 123 cm³/mol. The van der Waals surface area contributed by atoms with Crippen LogP contribution in [0.25, 0.3) is 0 Å². The molecule has 0 saturated carbocycles. The molecule has 1 aliphatic rings. The zero-order valence-corrected chi connectivity index (χ0v) is 18.3. The van der Waals surface area contributed by atoms with Crippen molar-refractivity contribution in [2.45, 2.75) is 32.7 Å². The summed E-state index contributed by atoms with van der Waals surface area (Å²) >= 11 is 11.6. The Labute approximate surface area is 182 Å². The third kappa shape index (κ3) is 5.40. The summed E-state index contributed by atoms with van der Waals surface area (Å²) < 4.78 is 4.98. The molecule has 0 fully saturated rings. The van der Waals surface area contributed by atoms with Gasteiger partial charge in [0.15, 0.2) is 5.11 Å². The number of para-hydroxylation sites is 1. The van der Waals surface area contributed by atoms with Gasteiger partial charge < -0.3 is 20.3 Å². The molecule has 7 heteroatoms. The molecule has 0 radical (unpaired) electrons. The SMILES string of the molecule is CCOC(=O)c1ccc(NC(=S)NCCCN2c3ccccc3C[C@@H]2C)cc1Cl. The predicted octanol–water partition coefficient (Wildman–Crippen LogP) is 4.64. The maximum atomic E-state index is 11.8. The van der Waals surface area contributed by atoms with Crippen LogP contribution >= 0.6 is 23.8 Å². The highest BCUT2D eigenvalue weighted by atomic mass is 35.5. The largest absolute Gasteiger partial charge is 0.462 e. The highest BCUT2D eigenvalue weighted by Crippen LogP contribution is 2.31. The summed E-state index contributed by atoms with van der Waals surface area (Å²) in [5.41, 5.74) is 3.84. The fourth-order valence-electron chi connectivity index (χ4n) is 3.56. The van der Waals surface area contributed by atoms with Crippen LogP contribution in [0.2, 0.25) is 5.02 Å². The Balaban J connectivity index is 1.45. The fourth-order valence-corrected chi connectivity index (χ4v) is 4.04. The Morgan fingerprint density at radius 3 is 2.86 bits per heavy atom. The first kappa shape index (κ1) is 21.4. The van der Waals surface area contributed by atoms with Gasteiger partial charge in [0.25, 0.3) is 0 Å². The van der Waals surface area contributed by atoms with Gasteiger partial charge >= 0.3 is 5.97 Å². The van der Waals surface area contributed by atoms with Gasteiger partial charge in [0.2, 0.25) is 0 Å². The summed E-state index contributed by atoms with van der Waals surface area (Å²) in [6.45, 7) is 6.09. The number of benzene rings is 2. The topological polar surface area (TPSA) is 53.6 Å². The van der Waals surface area contributed by atoms with Crippen LogP contribution in [0.15, 0.2) is 42.5 Å².